The fourth-order valence-corrected chi connectivity index (χ4v) is 2.69. The smallest absolute Gasteiger partial charge is 0.325 e. The van der Waals surface area contributed by atoms with Gasteiger partial charge in [0, 0.05) is 6.16 Å². The van der Waals surface area contributed by atoms with Crippen molar-refractivity contribution >= 4 is 7.60 Å². The van der Waals surface area contributed by atoms with Crippen molar-refractivity contribution in [2.75, 3.05) is 12.7 Å². The SMILES string of the molecule is NCCCCCCCCCCCCCP(=O)(O)O. The van der Waals surface area contributed by atoms with Crippen LogP contribution in [0.2, 0.25) is 0 Å². The molecule has 4 N–H and O–H groups in total. The Morgan fingerprint density at radius 2 is 1.00 bits per heavy atom. The molecule has 0 aliphatic carbocycles. The zero-order valence-electron chi connectivity index (χ0n) is 11.5. The molecule has 0 rings (SSSR count). The number of hydrogen-bond donors (Lipinski definition) is 3. The Balaban J connectivity index is 3.01. The molecule has 110 valence electrons. The number of unbranched alkanes of at least 4 members (excludes halogenated alkanes) is 10. The van der Waals surface area contributed by atoms with E-state index < -0.39 is 7.60 Å². The average molecular weight is 279 g/mol. The average Bonchev–Trinajstić information content (AvgIpc) is 2.29. The van der Waals surface area contributed by atoms with E-state index in [0.29, 0.717) is 6.42 Å². The lowest BCUT2D eigenvalue weighted by Gasteiger charge is -2.04. The minimum absolute atomic E-state index is 0.0497. The molecule has 0 amide bonds. The highest BCUT2D eigenvalue weighted by atomic mass is 31.2. The summed E-state index contributed by atoms with van der Waals surface area (Å²) < 4.78 is 10.6. The molecule has 0 bridgehead atoms. The van der Waals surface area contributed by atoms with Crippen LogP contribution in [0.4, 0.5) is 0 Å². The third-order valence-corrected chi connectivity index (χ3v) is 4.05. The van der Waals surface area contributed by atoms with Gasteiger partial charge in [0.25, 0.3) is 0 Å². The lowest BCUT2D eigenvalue weighted by Crippen LogP contribution is -1.97. The predicted molar refractivity (Wildman–Crippen MR) is 76.8 cm³/mol. The van der Waals surface area contributed by atoms with E-state index in [0.717, 1.165) is 25.8 Å². The van der Waals surface area contributed by atoms with Gasteiger partial charge in [-0.3, -0.25) is 4.57 Å². The molecule has 0 aromatic rings. The lowest BCUT2D eigenvalue weighted by atomic mass is 10.1. The minimum Gasteiger partial charge on any atom is -0.330 e. The first-order valence-corrected chi connectivity index (χ1v) is 9.10. The lowest BCUT2D eigenvalue weighted by molar-refractivity contribution is 0.370. The first kappa shape index (κ1) is 18.1. The second-order valence-electron chi connectivity index (χ2n) is 5.07. The van der Waals surface area contributed by atoms with Crippen LogP contribution in [0.25, 0.3) is 0 Å². The molecule has 0 aromatic heterocycles. The predicted octanol–water partition coefficient (Wildman–Crippen LogP) is 3.41. The zero-order chi connectivity index (χ0) is 13.7. The van der Waals surface area contributed by atoms with Crippen molar-refractivity contribution in [3.8, 4) is 0 Å². The molecule has 0 saturated carbocycles. The van der Waals surface area contributed by atoms with Gasteiger partial charge >= 0.3 is 7.60 Å². The Morgan fingerprint density at radius 1 is 0.667 bits per heavy atom. The maximum atomic E-state index is 10.6. The molecule has 0 aliphatic rings. The van der Waals surface area contributed by atoms with E-state index >= 15 is 0 Å². The summed E-state index contributed by atoms with van der Waals surface area (Å²) in [6, 6.07) is 0. The second-order valence-corrected chi connectivity index (χ2v) is 6.84. The van der Waals surface area contributed by atoms with Gasteiger partial charge in [-0.25, -0.2) is 0 Å². The summed E-state index contributed by atoms with van der Waals surface area (Å²) in [5, 5.41) is 0. The summed E-state index contributed by atoms with van der Waals surface area (Å²) >= 11 is 0. The van der Waals surface area contributed by atoms with Crippen LogP contribution in [-0.4, -0.2) is 22.5 Å². The molecule has 4 nitrogen and oxygen atoms in total. The Labute approximate surface area is 112 Å². The molecule has 0 unspecified atom stereocenters. The maximum Gasteiger partial charge on any atom is 0.325 e. The molecule has 0 aliphatic heterocycles. The molecule has 0 saturated heterocycles. The van der Waals surface area contributed by atoms with Crippen molar-refractivity contribution in [2.24, 2.45) is 5.73 Å². The summed E-state index contributed by atoms with van der Waals surface area (Å²) in [4.78, 5) is 17.4. The van der Waals surface area contributed by atoms with Crippen LogP contribution in [-0.2, 0) is 4.57 Å². The molecule has 0 atom stereocenters. The van der Waals surface area contributed by atoms with Crippen molar-refractivity contribution in [3.05, 3.63) is 0 Å². The van der Waals surface area contributed by atoms with Crippen molar-refractivity contribution in [1.82, 2.24) is 0 Å². The van der Waals surface area contributed by atoms with Gasteiger partial charge in [0.1, 0.15) is 0 Å². The van der Waals surface area contributed by atoms with E-state index in [4.69, 9.17) is 15.5 Å². The Hall–Kier alpha value is 0.110. The Morgan fingerprint density at radius 3 is 1.33 bits per heavy atom. The topological polar surface area (TPSA) is 83.6 Å². The van der Waals surface area contributed by atoms with Crippen LogP contribution >= 0.6 is 7.60 Å². The standard InChI is InChI=1S/C13H30NO3P/c14-12-10-8-6-4-2-1-3-5-7-9-11-13-18(15,16)17/h1-14H2,(H2,15,16,17). The van der Waals surface area contributed by atoms with Gasteiger partial charge in [-0.15, -0.1) is 0 Å². The maximum absolute atomic E-state index is 10.6. The van der Waals surface area contributed by atoms with Gasteiger partial charge < -0.3 is 15.5 Å². The van der Waals surface area contributed by atoms with Gasteiger partial charge in [0.2, 0.25) is 0 Å². The third kappa shape index (κ3) is 16.1. The van der Waals surface area contributed by atoms with E-state index in [9.17, 15) is 4.57 Å². The van der Waals surface area contributed by atoms with Crippen LogP contribution in [0.1, 0.15) is 70.6 Å². The third-order valence-electron chi connectivity index (χ3n) is 3.15. The highest BCUT2D eigenvalue weighted by Gasteiger charge is 2.10. The van der Waals surface area contributed by atoms with Gasteiger partial charge in [-0.05, 0) is 19.4 Å². The molecular formula is C13H30NO3P. The minimum atomic E-state index is -3.75. The fraction of sp³-hybridized carbons (Fsp3) is 1.00. The highest BCUT2D eigenvalue weighted by Crippen LogP contribution is 2.35. The summed E-state index contributed by atoms with van der Waals surface area (Å²) in [5.41, 5.74) is 5.43. The van der Waals surface area contributed by atoms with Crippen molar-refractivity contribution in [3.63, 3.8) is 0 Å². The van der Waals surface area contributed by atoms with E-state index in [-0.39, 0.29) is 6.16 Å². The van der Waals surface area contributed by atoms with Crippen LogP contribution < -0.4 is 5.73 Å². The van der Waals surface area contributed by atoms with Gasteiger partial charge in [0.05, 0.1) is 0 Å². The summed E-state index contributed by atoms with van der Waals surface area (Å²) in [5.74, 6) is 0. The van der Waals surface area contributed by atoms with Crippen LogP contribution in [0, 0.1) is 0 Å². The number of rotatable bonds is 13. The Bertz CT molecular complexity index is 218. The normalized spacial score (nSPS) is 11.9. The first-order valence-electron chi connectivity index (χ1n) is 7.31. The number of hydrogen-bond acceptors (Lipinski definition) is 2. The Kier molecular flexibility index (Phi) is 12.2. The monoisotopic (exact) mass is 279 g/mol. The highest BCUT2D eigenvalue weighted by molar-refractivity contribution is 7.51. The van der Waals surface area contributed by atoms with Gasteiger partial charge in [0.15, 0.2) is 0 Å². The molecule has 0 heterocycles. The molecule has 0 radical (unpaired) electrons. The molecule has 18 heavy (non-hydrogen) atoms. The summed E-state index contributed by atoms with van der Waals surface area (Å²) in [6.45, 7) is 0.814. The molecule has 5 heteroatoms. The zero-order valence-corrected chi connectivity index (χ0v) is 12.4. The van der Waals surface area contributed by atoms with Crippen LogP contribution in [0.3, 0.4) is 0 Å². The van der Waals surface area contributed by atoms with E-state index in [1.165, 1.54) is 44.9 Å². The van der Waals surface area contributed by atoms with Crippen LogP contribution in [0.5, 0.6) is 0 Å². The molecule has 0 fully saturated rings. The molecule has 0 spiro atoms. The quantitative estimate of drug-likeness (QED) is 0.356. The van der Waals surface area contributed by atoms with Gasteiger partial charge in [-0.1, -0.05) is 57.8 Å². The van der Waals surface area contributed by atoms with E-state index in [1.807, 2.05) is 0 Å². The first-order chi connectivity index (χ1) is 8.56. The van der Waals surface area contributed by atoms with Crippen molar-refractivity contribution < 1.29 is 14.4 Å². The van der Waals surface area contributed by atoms with Gasteiger partial charge in [-0.2, -0.15) is 0 Å². The van der Waals surface area contributed by atoms with Crippen molar-refractivity contribution in [2.45, 2.75) is 70.6 Å². The molecule has 0 aromatic carbocycles. The molecular weight excluding hydrogens is 249 g/mol. The summed E-state index contributed by atoms with van der Waals surface area (Å²) in [7, 11) is -3.75. The van der Waals surface area contributed by atoms with E-state index in [1.54, 1.807) is 0 Å². The second kappa shape index (κ2) is 12.2. The van der Waals surface area contributed by atoms with Crippen molar-refractivity contribution in [1.29, 1.82) is 0 Å². The largest absolute Gasteiger partial charge is 0.330 e. The van der Waals surface area contributed by atoms with Crippen LogP contribution in [0.15, 0.2) is 0 Å². The van der Waals surface area contributed by atoms with E-state index in [2.05, 4.69) is 0 Å². The summed E-state index contributed by atoms with van der Waals surface area (Å²) in [6.07, 6.45) is 12.9. The fourth-order valence-electron chi connectivity index (χ4n) is 2.05. The number of nitrogens with two attached hydrogens (primary N) is 1.